The van der Waals surface area contributed by atoms with Gasteiger partial charge in [-0.1, -0.05) is 0 Å². The van der Waals surface area contributed by atoms with Gasteiger partial charge in [0.25, 0.3) is 0 Å². The van der Waals surface area contributed by atoms with E-state index in [9.17, 15) is 0 Å². The van der Waals surface area contributed by atoms with Crippen LogP contribution in [0.2, 0.25) is 5.28 Å². The van der Waals surface area contributed by atoms with Gasteiger partial charge in [-0.2, -0.15) is 4.98 Å². The van der Waals surface area contributed by atoms with Crippen LogP contribution in [0.1, 0.15) is 6.92 Å². The molecule has 0 spiro atoms. The Morgan fingerprint density at radius 3 is 2.60 bits per heavy atom. The first-order valence-corrected chi connectivity index (χ1v) is 6.63. The van der Waals surface area contributed by atoms with Gasteiger partial charge < -0.3 is 9.30 Å². The summed E-state index contributed by atoms with van der Waals surface area (Å²) in [5.41, 5.74) is 3.16. The van der Waals surface area contributed by atoms with Crippen LogP contribution < -0.4 is 4.74 Å². The molecule has 0 saturated carbocycles. The number of nitrogens with zero attached hydrogens (tertiary/aromatic N) is 4. The lowest BCUT2D eigenvalue weighted by Gasteiger charge is -2.05. The number of hydrogen-bond donors (Lipinski definition) is 0. The molecule has 0 amide bonds. The molecule has 0 unspecified atom stereocenters. The smallest absolute Gasteiger partial charge is 0.225 e. The second kappa shape index (κ2) is 5.09. The Hall–Kier alpha value is -2.14. The summed E-state index contributed by atoms with van der Waals surface area (Å²) in [4.78, 5) is 13.0. The molecule has 6 heteroatoms. The minimum Gasteiger partial charge on any atom is -0.497 e. The Balaban J connectivity index is 2.21. The Bertz CT molecular complexity index is 752. The third-order valence-corrected chi connectivity index (χ3v) is 3.31. The van der Waals surface area contributed by atoms with E-state index in [2.05, 4.69) is 15.0 Å². The number of hydrogen-bond acceptors (Lipinski definition) is 4. The highest BCUT2D eigenvalue weighted by molar-refractivity contribution is 6.28. The van der Waals surface area contributed by atoms with Crippen LogP contribution in [0.15, 0.2) is 30.6 Å². The van der Waals surface area contributed by atoms with Gasteiger partial charge in [0.05, 0.1) is 13.4 Å². The summed E-state index contributed by atoms with van der Waals surface area (Å²) in [5.74, 6) is 0.796. The van der Waals surface area contributed by atoms with E-state index in [1.54, 1.807) is 13.4 Å². The van der Waals surface area contributed by atoms with Crippen LogP contribution in [0.4, 0.5) is 0 Å². The van der Waals surface area contributed by atoms with Gasteiger partial charge in [0.1, 0.15) is 17.0 Å². The third kappa shape index (κ3) is 2.10. The van der Waals surface area contributed by atoms with Crippen LogP contribution in [-0.2, 0) is 6.54 Å². The number of aryl methyl sites for hydroxylation is 1. The molecule has 0 aliphatic rings. The summed E-state index contributed by atoms with van der Waals surface area (Å²) >= 11 is 6.03. The summed E-state index contributed by atoms with van der Waals surface area (Å²) in [6, 6.07) is 7.63. The summed E-state index contributed by atoms with van der Waals surface area (Å²) in [5, 5.41) is 0.221. The summed E-state index contributed by atoms with van der Waals surface area (Å²) in [6.45, 7) is 2.82. The molecule has 0 N–H and O–H groups in total. The molecule has 0 saturated heterocycles. The number of aromatic nitrogens is 4. The zero-order valence-corrected chi connectivity index (χ0v) is 11.9. The molecule has 20 heavy (non-hydrogen) atoms. The molecule has 2 aromatic heterocycles. The molecule has 5 nitrogen and oxygen atoms in total. The molecule has 0 aliphatic carbocycles. The van der Waals surface area contributed by atoms with Crippen molar-refractivity contribution in [3.8, 4) is 17.0 Å². The Morgan fingerprint density at radius 1 is 1.20 bits per heavy atom. The number of ether oxygens (including phenoxy) is 1. The maximum atomic E-state index is 6.03. The first-order chi connectivity index (χ1) is 9.72. The molecule has 0 radical (unpaired) electrons. The van der Waals surface area contributed by atoms with Crippen molar-refractivity contribution in [2.75, 3.05) is 7.11 Å². The van der Waals surface area contributed by atoms with Crippen LogP contribution >= 0.6 is 11.6 Å². The minimum absolute atomic E-state index is 0.221. The standard InChI is InChI=1S/C14H13ClN4O/c1-3-19-8-16-12-11(17-14(15)18-13(12)19)9-4-6-10(20-2)7-5-9/h4-8H,3H2,1-2H3. The summed E-state index contributed by atoms with van der Waals surface area (Å²) in [6.07, 6.45) is 1.75. The van der Waals surface area contributed by atoms with Gasteiger partial charge in [-0.15, -0.1) is 0 Å². The summed E-state index contributed by atoms with van der Waals surface area (Å²) < 4.78 is 7.10. The largest absolute Gasteiger partial charge is 0.497 e. The normalized spacial score (nSPS) is 10.9. The quantitative estimate of drug-likeness (QED) is 0.695. The van der Waals surface area contributed by atoms with Crippen molar-refractivity contribution in [2.24, 2.45) is 0 Å². The molecular formula is C14H13ClN4O. The highest BCUT2D eigenvalue weighted by atomic mass is 35.5. The van der Waals surface area contributed by atoms with E-state index in [1.807, 2.05) is 35.8 Å². The second-order valence-electron chi connectivity index (χ2n) is 4.27. The average Bonchev–Trinajstić information content (AvgIpc) is 2.89. The lowest BCUT2D eigenvalue weighted by molar-refractivity contribution is 0.415. The molecular weight excluding hydrogens is 276 g/mol. The second-order valence-corrected chi connectivity index (χ2v) is 4.61. The van der Waals surface area contributed by atoms with Crippen molar-refractivity contribution in [3.05, 3.63) is 35.9 Å². The first kappa shape index (κ1) is 12.9. The van der Waals surface area contributed by atoms with E-state index in [0.29, 0.717) is 0 Å². The van der Waals surface area contributed by atoms with Crippen LogP contribution in [-0.4, -0.2) is 26.6 Å². The molecule has 102 valence electrons. The van der Waals surface area contributed by atoms with Gasteiger partial charge in [-0.25, -0.2) is 9.97 Å². The van der Waals surface area contributed by atoms with E-state index in [-0.39, 0.29) is 5.28 Å². The molecule has 0 aliphatic heterocycles. The topological polar surface area (TPSA) is 52.8 Å². The molecule has 2 heterocycles. The number of rotatable bonds is 3. The number of imidazole rings is 1. The van der Waals surface area contributed by atoms with Crippen LogP contribution in [0.5, 0.6) is 5.75 Å². The monoisotopic (exact) mass is 288 g/mol. The fraction of sp³-hybridized carbons (Fsp3) is 0.214. The van der Waals surface area contributed by atoms with Gasteiger partial charge >= 0.3 is 0 Å². The zero-order chi connectivity index (χ0) is 14.1. The molecule has 0 fully saturated rings. The van der Waals surface area contributed by atoms with Crippen molar-refractivity contribution < 1.29 is 4.74 Å². The Labute approximate surface area is 121 Å². The number of fused-ring (bicyclic) bond motifs is 1. The average molecular weight is 289 g/mol. The van der Waals surface area contributed by atoms with Crippen molar-refractivity contribution >= 4 is 22.8 Å². The van der Waals surface area contributed by atoms with E-state index in [4.69, 9.17) is 16.3 Å². The van der Waals surface area contributed by atoms with Crippen LogP contribution in [0, 0.1) is 0 Å². The van der Waals surface area contributed by atoms with E-state index in [1.165, 1.54) is 0 Å². The number of methoxy groups -OCH3 is 1. The fourth-order valence-corrected chi connectivity index (χ4v) is 2.26. The maximum Gasteiger partial charge on any atom is 0.225 e. The molecule has 0 bridgehead atoms. The van der Waals surface area contributed by atoms with Crippen LogP contribution in [0.3, 0.4) is 0 Å². The Morgan fingerprint density at radius 2 is 1.95 bits per heavy atom. The van der Waals surface area contributed by atoms with Gasteiger partial charge in [-0.05, 0) is 42.8 Å². The Kier molecular flexibility index (Phi) is 3.28. The van der Waals surface area contributed by atoms with E-state index >= 15 is 0 Å². The number of benzene rings is 1. The summed E-state index contributed by atoms with van der Waals surface area (Å²) in [7, 11) is 1.64. The number of halogens is 1. The predicted molar refractivity (Wildman–Crippen MR) is 78.0 cm³/mol. The zero-order valence-electron chi connectivity index (χ0n) is 11.2. The van der Waals surface area contributed by atoms with Crippen LogP contribution in [0.25, 0.3) is 22.4 Å². The fourth-order valence-electron chi connectivity index (χ4n) is 2.10. The molecule has 3 aromatic rings. The highest BCUT2D eigenvalue weighted by Gasteiger charge is 2.13. The highest BCUT2D eigenvalue weighted by Crippen LogP contribution is 2.27. The van der Waals surface area contributed by atoms with Gasteiger partial charge in [0.15, 0.2) is 5.65 Å². The lowest BCUT2D eigenvalue weighted by Crippen LogP contribution is -1.96. The molecule has 1 aromatic carbocycles. The van der Waals surface area contributed by atoms with Gasteiger partial charge in [-0.3, -0.25) is 0 Å². The van der Waals surface area contributed by atoms with E-state index < -0.39 is 0 Å². The third-order valence-electron chi connectivity index (χ3n) is 3.14. The van der Waals surface area contributed by atoms with Crippen molar-refractivity contribution in [1.82, 2.24) is 19.5 Å². The van der Waals surface area contributed by atoms with E-state index in [0.717, 1.165) is 34.7 Å². The maximum absolute atomic E-state index is 6.03. The van der Waals surface area contributed by atoms with Crippen molar-refractivity contribution in [2.45, 2.75) is 13.5 Å². The minimum atomic E-state index is 0.221. The lowest BCUT2D eigenvalue weighted by atomic mass is 10.1. The molecule has 0 atom stereocenters. The predicted octanol–water partition coefficient (Wildman–Crippen LogP) is 3.18. The van der Waals surface area contributed by atoms with Gasteiger partial charge in [0, 0.05) is 12.1 Å². The first-order valence-electron chi connectivity index (χ1n) is 6.25. The molecule has 3 rings (SSSR count). The van der Waals surface area contributed by atoms with Crippen molar-refractivity contribution in [1.29, 1.82) is 0 Å². The van der Waals surface area contributed by atoms with Gasteiger partial charge in [0.2, 0.25) is 5.28 Å². The van der Waals surface area contributed by atoms with Crippen molar-refractivity contribution in [3.63, 3.8) is 0 Å². The SMILES string of the molecule is CCn1cnc2c(-c3ccc(OC)cc3)nc(Cl)nc21.